The SMILES string of the molecule is COc1ccc(C(C)=O)cc1CSc1nnnn1-c1ccc(C)c(C)c1. The van der Waals surface area contributed by atoms with Gasteiger partial charge < -0.3 is 4.74 Å². The van der Waals surface area contributed by atoms with Gasteiger partial charge in [-0.1, -0.05) is 17.8 Å². The Kier molecular flexibility index (Phi) is 5.37. The summed E-state index contributed by atoms with van der Waals surface area (Å²) in [7, 11) is 1.62. The molecule has 0 unspecified atom stereocenters. The Morgan fingerprint density at radius 2 is 1.96 bits per heavy atom. The first-order valence-corrected chi connectivity index (χ1v) is 9.15. The largest absolute Gasteiger partial charge is 0.496 e. The number of benzene rings is 2. The number of thioether (sulfide) groups is 1. The van der Waals surface area contributed by atoms with Crippen molar-refractivity contribution in [1.82, 2.24) is 20.2 Å². The van der Waals surface area contributed by atoms with Crippen LogP contribution in [0.3, 0.4) is 0 Å². The van der Waals surface area contributed by atoms with E-state index in [1.807, 2.05) is 18.2 Å². The number of aryl methyl sites for hydroxylation is 2. The number of hydrogen-bond acceptors (Lipinski definition) is 6. The van der Waals surface area contributed by atoms with Gasteiger partial charge in [-0.05, 0) is 72.7 Å². The number of tetrazole rings is 1. The fourth-order valence-corrected chi connectivity index (χ4v) is 3.41. The highest BCUT2D eigenvalue weighted by Crippen LogP contribution is 2.29. The highest BCUT2D eigenvalue weighted by Gasteiger charge is 2.13. The fraction of sp³-hybridized carbons (Fsp3) is 0.263. The van der Waals surface area contributed by atoms with E-state index in [1.165, 1.54) is 22.9 Å². The van der Waals surface area contributed by atoms with Gasteiger partial charge in [-0.3, -0.25) is 4.79 Å². The molecule has 26 heavy (non-hydrogen) atoms. The Labute approximate surface area is 156 Å². The first kappa shape index (κ1) is 18.1. The lowest BCUT2D eigenvalue weighted by Gasteiger charge is -2.10. The van der Waals surface area contributed by atoms with Crippen molar-refractivity contribution in [2.24, 2.45) is 0 Å². The third kappa shape index (κ3) is 3.77. The summed E-state index contributed by atoms with van der Waals surface area (Å²) in [5, 5.41) is 12.7. The molecule has 0 amide bonds. The average molecular weight is 368 g/mol. The summed E-state index contributed by atoms with van der Waals surface area (Å²) in [6.45, 7) is 5.69. The van der Waals surface area contributed by atoms with Gasteiger partial charge in [0.15, 0.2) is 5.78 Å². The zero-order valence-corrected chi connectivity index (χ0v) is 16.0. The molecule has 0 fully saturated rings. The van der Waals surface area contributed by atoms with E-state index < -0.39 is 0 Å². The molecule has 0 spiro atoms. The molecule has 3 aromatic rings. The lowest BCUT2D eigenvalue weighted by Crippen LogP contribution is -2.01. The number of aromatic nitrogens is 4. The summed E-state index contributed by atoms with van der Waals surface area (Å²) in [6.07, 6.45) is 0. The van der Waals surface area contributed by atoms with E-state index in [-0.39, 0.29) is 5.78 Å². The molecule has 0 N–H and O–H groups in total. The summed E-state index contributed by atoms with van der Waals surface area (Å²) in [6, 6.07) is 11.6. The summed E-state index contributed by atoms with van der Waals surface area (Å²) in [4.78, 5) is 11.6. The quantitative estimate of drug-likeness (QED) is 0.487. The maximum Gasteiger partial charge on any atom is 0.214 e. The second kappa shape index (κ2) is 7.70. The lowest BCUT2D eigenvalue weighted by atomic mass is 10.1. The van der Waals surface area contributed by atoms with E-state index in [2.05, 4.69) is 41.5 Å². The van der Waals surface area contributed by atoms with E-state index in [4.69, 9.17) is 4.74 Å². The van der Waals surface area contributed by atoms with Gasteiger partial charge in [-0.2, -0.15) is 4.68 Å². The molecule has 0 saturated heterocycles. The van der Waals surface area contributed by atoms with Crippen LogP contribution in [0.2, 0.25) is 0 Å². The first-order chi connectivity index (χ1) is 12.5. The van der Waals surface area contributed by atoms with Gasteiger partial charge in [-0.15, -0.1) is 5.10 Å². The Hall–Kier alpha value is -2.67. The zero-order valence-electron chi connectivity index (χ0n) is 15.2. The van der Waals surface area contributed by atoms with E-state index >= 15 is 0 Å². The maximum atomic E-state index is 11.6. The predicted octanol–water partition coefficient (Wildman–Crippen LogP) is 3.78. The summed E-state index contributed by atoms with van der Waals surface area (Å²) < 4.78 is 7.13. The van der Waals surface area contributed by atoms with Crippen molar-refractivity contribution in [1.29, 1.82) is 0 Å². The molecule has 0 aliphatic heterocycles. The Morgan fingerprint density at radius 1 is 1.15 bits per heavy atom. The van der Waals surface area contributed by atoms with Crippen molar-refractivity contribution in [3.05, 3.63) is 58.7 Å². The number of hydrogen-bond donors (Lipinski definition) is 0. The number of ketones is 1. The minimum atomic E-state index is 0.0267. The van der Waals surface area contributed by atoms with Crippen LogP contribution >= 0.6 is 11.8 Å². The molecule has 0 saturated carbocycles. The minimum Gasteiger partial charge on any atom is -0.496 e. The molecule has 0 atom stereocenters. The third-order valence-electron chi connectivity index (χ3n) is 4.22. The summed E-state index contributed by atoms with van der Waals surface area (Å²) in [5.41, 5.74) is 4.92. The number of carbonyl (C=O) groups excluding carboxylic acids is 1. The van der Waals surface area contributed by atoms with Gasteiger partial charge in [0.2, 0.25) is 5.16 Å². The van der Waals surface area contributed by atoms with Crippen molar-refractivity contribution in [3.8, 4) is 11.4 Å². The van der Waals surface area contributed by atoms with E-state index in [1.54, 1.807) is 24.8 Å². The van der Waals surface area contributed by atoms with Gasteiger partial charge in [0.05, 0.1) is 12.8 Å². The fourth-order valence-electron chi connectivity index (χ4n) is 2.54. The predicted molar refractivity (Wildman–Crippen MR) is 101 cm³/mol. The van der Waals surface area contributed by atoms with E-state index in [0.717, 1.165) is 17.0 Å². The van der Waals surface area contributed by atoms with Crippen LogP contribution in [0.1, 0.15) is 34.0 Å². The number of Topliss-reactive ketones (excluding diaryl/α,β-unsaturated/α-hetero) is 1. The second-order valence-corrected chi connectivity index (χ2v) is 6.96. The normalized spacial score (nSPS) is 10.8. The topological polar surface area (TPSA) is 69.9 Å². The van der Waals surface area contributed by atoms with Crippen LogP contribution in [0, 0.1) is 13.8 Å². The number of nitrogens with zero attached hydrogens (tertiary/aromatic N) is 4. The monoisotopic (exact) mass is 368 g/mol. The molecular formula is C19H20N4O2S. The average Bonchev–Trinajstić information content (AvgIpc) is 3.10. The molecule has 7 heteroatoms. The van der Waals surface area contributed by atoms with Crippen LogP contribution in [0.15, 0.2) is 41.6 Å². The number of ether oxygens (including phenoxy) is 1. The van der Waals surface area contributed by atoms with Gasteiger partial charge in [-0.25, -0.2) is 0 Å². The van der Waals surface area contributed by atoms with Gasteiger partial charge >= 0.3 is 0 Å². The van der Waals surface area contributed by atoms with Gasteiger partial charge in [0.1, 0.15) is 5.75 Å². The van der Waals surface area contributed by atoms with Crippen molar-refractivity contribution in [2.45, 2.75) is 31.7 Å². The highest BCUT2D eigenvalue weighted by atomic mass is 32.2. The molecule has 0 radical (unpaired) electrons. The van der Waals surface area contributed by atoms with Crippen LogP contribution in [0.5, 0.6) is 5.75 Å². The minimum absolute atomic E-state index is 0.0267. The van der Waals surface area contributed by atoms with Crippen molar-refractivity contribution < 1.29 is 9.53 Å². The molecule has 3 rings (SSSR count). The van der Waals surface area contributed by atoms with E-state index in [9.17, 15) is 4.79 Å². The number of methoxy groups -OCH3 is 1. The molecule has 2 aromatic carbocycles. The van der Waals surface area contributed by atoms with Crippen molar-refractivity contribution in [2.75, 3.05) is 7.11 Å². The Morgan fingerprint density at radius 3 is 2.65 bits per heavy atom. The molecule has 0 aliphatic carbocycles. The highest BCUT2D eigenvalue weighted by molar-refractivity contribution is 7.98. The number of carbonyl (C=O) groups is 1. The molecule has 6 nitrogen and oxygen atoms in total. The molecular weight excluding hydrogens is 348 g/mol. The van der Waals surface area contributed by atoms with Crippen molar-refractivity contribution >= 4 is 17.5 Å². The number of rotatable bonds is 6. The lowest BCUT2D eigenvalue weighted by molar-refractivity contribution is 0.101. The first-order valence-electron chi connectivity index (χ1n) is 8.16. The maximum absolute atomic E-state index is 11.6. The van der Waals surface area contributed by atoms with Crippen LogP contribution in [-0.4, -0.2) is 33.1 Å². The second-order valence-electron chi connectivity index (χ2n) is 6.01. The molecule has 134 valence electrons. The molecule has 0 aliphatic rings. The van der Waals surface area contributed by atoms with E-state index in [0.29, 0.717) is 16.5 Å². The van der Waals surface area contributed by atoms with Crippen molar-refractivity contribution in [3.63, 3.8) is 0 Å². The van der Waals surface area contributed by atoms with Crippen LogP contribution in [0.4, 0.5) is 0 Å². The molecule has 1 heterocycles. The van der Waals surface area contributed by atoms with Gasteiger partial charge in [0.25, 0.3) is 0 Å². The molecule has 1 aromatic heterocycles. The smallest absolute Gasteiger partial charge is 0.214 e. The van der Waals surface area contributed by atoms with Crippen LogP contribution < -0.4 is 4.74 Å². The van der Waals surface area contributed by atoms with Crippen LogP contribution in [0.25, 0.3) is 5.69 Å². The third-order valence-corrected chi connectivity index (χ3v) is 5.19. The Balaban J connectivity index is 1.85. The standard InChI is InChI=1S/C19H20N4O2S/c1-12-5-7-17(9-13(12)2)23-19(20-21-22-23)26-11-16-10-15(14(3)24)6-8-18(16)25-4/h5-10H,11H2,1-4H3. The summed E-state index contributed by atoms with van der Waals surface area (Å²) >= 11 is 1.50. The van der Waals surface area contributed by atoms with Crippen LogP contribution in [-0.2, 0) is 5.75 Å². The van der Waals surface area contributed by atoms with Gasteiger partial charge in [0, 0.05) is 16.9 Å². The zero-order chi connectivity index (χ0) is 18.7. The Bertz CT molecular complexity index is 952. The summed E-state index contributed by atoms with van der Waals surface area (Å²) in [5.74, 6) is 1.36. The molecule has 0 bridgehead atoms.